The zero-order chi connectivity index (χ0) is 13.8. The highest BCUT2D eigenvalue weighted by atomic mass is 16.5. The minimum Gasteiger partial charge on any atom is -0.479 e. The lowest BCUT2D eigenvalue weighted by molar-refractivity contribution is -0.145. The third-order valence-electron chi connectivity index (χ3n) is 2.87. The molecular weight excluding hydrogens is 244 g/mol. The number of hydrogen-bond donors (Lipinski definition) is 2. The van der Waals surface area contributed by atoms with E-state index in [4.69, 9.17) is 15.6 Å². The SMILES string of the molecule is CCCC(Oc1ccc2ccnc(N)c2c1)C(=O)O. The number of pyridine rings is 1. The van der Waals surface area contributed by atoms with Crippen LogP contribution in [-0.4, -0.2) is 22.2 Å². The largest absolute Gasteiger partial charge is 0.479 e. The van der Waals surface area contributed by atoms with Crippen molar-refractivity contribution in [2.45, 2.75) is 25.9 Å². The molecule has 0 saturated carbocycles. The van der Waals surface area contributed by atoms with Gasteiger partial charge in [0.25, 0.3) is 0 Å². The molecular formula is C14H16N2O3. The molecule has 2 rings (SSSR count). The number of benzene rings is 1. The van der Waals surface area contributed by atoms with E-state index in [1.165, 1.54) is 0 Å². The molecule has 0 fully saturated rings. The van der Waals surface area contributed by atoms with Gasteiger partial charge in [0.2, 0.25) is 0 Å². The van der Waals surface area contributed by atoms with E-state index in [1.54, 1.807) is 18.3 Å². The molecule has 0 spiro atoms. The van der Waals surface area contributed by atoms with Crippen LogP contribution in [0.1, 0.15) is 19.8 Å². The summed E-state index contributed by atoms with van der Waals surface area (Å²) in [5, 5.41) is 10.8. The molecule has 0 aliphatic heterocycles. The first-order valence-electron chi connectivity index (χ1n) is 6.15. The second-order valence-corrected chi connectivity index (χ2v) is 4.31. The Bertz CT molecular complexity index is 598. The lowest BCUT2D eigenvalue weighted by Gasteiger charge is -2.14. The van der Waals surface area contributed by atoms with E-state index in [-0.39, 0.29) is 0 Å². The first-order chi connectivity index (χ1) is 9.11. The number of carboxylic acids is 1. The summed E-state index contributed by atoms with van der Waals surface area (Å²) in [6.07, 6.45) is 2.01. The van der Waals surface area contributed by atoms with E-state index in [1.807, 2.05) is 19.1 Å². The van der Waals surface area contributed by atoms with Crippen molar-refractivity contribution in [3.05, 3.63) is 30.5 Å². The van der Waals surface area contributed by atoms with Gasteiger partial charge in [-0.3, -0.25) is 0 Å². The first kappa shape index (κ1) is 13.1. The smallest absolute Gasteiger partial charge is 0.344 e. The standard InChI is InChI=1S/C14H16N2O3/c1-2-3-12(14(17)18)19-10-5-4-9-6-7-16-13(15)11(9)8-10/h4-8,12H,2-3H2,1H3,(H2,15,16)(H,17,18). The predicted molar refractivity (Wildman–Crippen MR) is 73.1 cm³/mol. The fourth-order valence-electron chi connectivity index (χ4n) is 1.90. The highest BCUT2D eigenvalue weighted by molar-refractivity contribution is 5.91. The highest BCUT2D eigenvalue weighted by Gasteiger charge is 2.18. The number of nitrogen functional groups attached to an aromatic ring is 1. The molecule has 2 aromatic rings. The fourth-order valence-corrected chi connectivity index (χ4v) is 1.90. The molecule has 5 heteroatoms. The van der Waals surface area contributed by atoms with Gasteiger partial charge in [-0.2, -0.15) is 0 Å². The van der Waals surface area contributed by atoms with Gasteiger partial charge in [0, 0.05) is 11.6 Å². The van der Waals surface area contributed by atoms with Crippen LogP contribution < -0.4 is 10.5 Å². The van der Waals surface area contributed by atoms with Crippen molar-refractivity contribution in [2.24, 2.45) is 0 Å². The van der Waals surface area contributed by atoms with E-state index < -0.39 is 12.1 Å². The van der Waals surface area contributed by atoms with Gasteiger partial charge in [0.1, 0.15) is 11.6 Å². The number of carboxylic acid groups (broad SMARTS) is 1. The average Bonchev–Trinajstić information content (AvgIpc) is 2.39. The molecule has 5 nitrogen and oxygen atoms in total. The van der Waals surface area contributed by atoms with Crippen LogP contribution >= 0.6 is 0 Å². The summed E-state index contributed by atoms with van der Waals surface area (Å²) in [5.41, 5.74) is 5.79. The van der Waals surface area contributed by atoms with E-state index in [0.717, 1.165) is 17.2 Å². The molecule has 0 saturated heterocycles. The molecule has 0 aliphatic rings. The van der Waals surface area contributed by atoms with Gasteiger partial charge in [-0.25, -0.2) is 9.78 Å². The molecule has 1 aromatic carbocycles. The van der Waals surface area contributed by atoms with Crippen LogP contribution in [0.3, 0.4) is 0 Å². The highest BCUT2D eigenvalue weighted by Crippen LogP contribution is 2.25. The van der Waals surface area contributed by atoms with Crippen molar-refractivity contribution >= 4 is 22.6 Å². The van der Waals surface area contributed by atoms with Crippen molar-refractivity contribution in [1.29, 1.82) is 0 Å². The Morgan fingerprint density at radius 1 is 1.47 bits per heavy atom. The topological polar surface area (TPSA) is 85.4 Å². The molecule has 1 atom stereocenters. The molecule has 100 valence electrons. The van der Waals surface area contributed by atoms with Gasteiger partial charge in [-0.15, -0.1) is 0 Å². The fraction of sp³-hybridized carbons (Fsp3) is 0.286. The Balaban J connectivity index is 2.30. The lowest BCUT2D eigenvalue weighted by Crippen LogP contribution is -2.26. The first-order valence-corrected chi connectivity index (χ1v) is 6.15. The molecule has 0 aliphatic carbocycles. The average molecular weight is 260 g/mol. The normalized spacial score (nSPS) is 12.3. The Morgan fingerprint density at radius 3 is 2.95 bits per heavy atom. The molecule has 0 radical (unpaired) electrons. The minimum absolute atomic E-state index is 0.408. The summed E-state index contributed by atoms with van der Waals surface area (Å²) in [6, 6.07) is 7.15. The maximum atomic E-state index is 11.1. The van der Waals surface area contributed by atoms with Crippen LogP contribution in [0.15, 0.2) is 30.5 Å². The maximum absolute atomic E-state index is 11.1. The van der Waals surface area contributed by atoms with E-state index >= 15 is 0 Å². The van der Waals surface area contributed by atoms with E-state index in [0.29, 0.717) is 18.0 Å². The Hall–Kier alpha value is -2.30. The Kier molecular flexibility index (Phi) is 3.85. The van der Waals surface area contributed by atoms with Gasteiger partial charge in [-0.05, 0) is 30.0 Å². The molecule has 1 heterocycles. The minimum atomic E-state index is -0.957. The van der Waals surface area contributed by atoms with Crippen molar-refractivity contribution < 1.29 is 14.6 Å². The van der Waals surface area contributed by atoms with Crippen LogP contribution in [0.4, 0.5) is 5.82 Å². The second kappa shape index (κ2) is 5.56. The van der Waals surface area contributed by atoms with Gasteiger partial charge in [0.15, 0.2) is 6.10 Å². The molecule has 3 N–H and O–H groups in total. The molecule has 0 bridgehead atoms. The van der Waals surface area contributed by atoms with Crippen molar-refractivity contribution in [3.8, 4) is 5.75 Å². The number of nitrogens with zero attached hydrogens (tertiary/aromatic N) is 1. The monoisotopic (exact) mass is 260 g/mol. The number of fused-ring (bicyclic) bond motifs is 1. The third kappa shape index (κ3) is 2.93. The van der Waals surface area contributed by atoms with Crippen molar-refractivity contribution in [3.63, 3.8) is 0 Å². The Labute approximate surface area is 111 Å². The predicted octanol–water partition coefficient (Wildman–Crippen LogP) is 2.45. The third-order valence-corrected chi connectivity index (χ3v) is 2.87. The Morgan fingerprint density at radius 2 is 2.26 bits per heavy atom. The molecule has 0 amide bonds. The van der Waals surface area contributed by atoms with Crippen molar-refractivity contribution in [2.75, 3.05) is 5.73 Å². The summed E-state index contributed by atoms with van der Waals surface area (Å²) in [4.78, 5) is 15.1. The quantitative estimate of drug-likeness (QED) is 0.862. The molecule has 19 heavy (non-hydrogen) atoms. The number of carbonyl (C=O) groups is 1. The molecule has 1 unspecified atom stereocenters. The lowest BCUT2D eigenvalue weighted by atomic mass is 10.1. The van der Waals surface area contributed by atoms with Crippen LogP contribution in [0, 0.1) is 0 Å². The number of aliphatic carboxylic acids is 1. The van der Waals surface area contributed by atoms with Gasteiger partial charge in [0.05, 0.1) is 0 Å². The number of aromatic nitrogens is 1. The molecule has 1 aromatic heterocycles. The van der Waals surface area contributed by atoms with Crippen molar-refractivity contribution in [1.82, 2.24) is 4.98 Å². The zero-order valence-electron chi connectivity index (χ0n) is 10.7. The van der Waals surface area contributed by atoms with Gasteiger partial charge >= 0.3 is 5.97 Å². The maximum Gasteiger partial charge on any atom is 0.344 e. The summed E-state index contributed by atoms with van der Waals surface area (Å²) in [7, 11) is 0. The van der Waals surface area contributed by atoms with Crippen LogP contribution in [-0.2, 0) is 4.79 Å². The number of hydrogen-bond acceptors (Lipinski definition) is 4. The van der Waals surface area contributed by atoms with Crippen LogP contribution in [0.2, 0.25) is 0 Å². The van der Waals surface area contributed by atoms with E-state index in [2.05, 4.69) is 4.98 Å². The zero-order valence-corrected chi connectivity index (χ0v) is 10.7. The summed E-state index contributed by atoms with van der Waals surface area (Å²) < 4.78 is 5.50. The number of ether oxygens (including phenoxy) is 1. The van der Waals surface area contributed by atoms with E-state index in [9.17, 15) is 4.79 Å². The summed E-state index contributed by atoms with van der Waals surface area (Å²) in [6.45, 7) is 1.92. The second-order valence-electron chi connectivity index (χ2n) is 4.31. The van der Waals surface area contributed by atoms with Gasteiger partial charge < -0.3 is 15.6 Å². The van der Waals surface area contributed by atoms with Gasteiger partial charge in [-0.1, -0.05) is 19.4 Å². The summed E-state index contributed by atoms with van der Waals surface area (Å²) >= 11 is 0. The number of anilines is 1. The van der Waals surface area contributed by atoms with Crippen LogP contribution in [0.5, 0.6) is 5.75 Å². The van der Waals surface area contributed by atoms with Crippen LogP contribution in [0.25, 0.3) is 10.8 Å². The summed E-state index contributed by atoms with van der Waals surface area (Å²) in [5.74, 6) is -0.0560. The number of nitrogens with two attached hydrogens (primary N) is 1. The number of rotatable bonds is 5.